The van der Waals surface area contributed by atoms with Gasteiger partial charge in [-0.1, -0.05) is 121 Å². The summed E-state index contributed by atoms with van der Waals surface area (Å²) in [6.45, 7) is 4.27. The molecule has 1 aliphatic rings. The third kappa shape index (κ3) is 4.79. The average Bonchev–Trinajstić information content (AvgIpc) is 2.98. The normalized spacial score (nSPS) is 18.5. The number of rotatable bonds is 6. The fraction of sp³-hybridized carbons (Fsp3) is 0.105. The van der Waals surface area contributed by atoms with Gasteiger partial charge in [0.25, 0.3) is 0 Å². The summed E-state index contributed by atoms with van der Waals surface area (Å²) >= 11 is 0. The molecule has 0 bridgehead atoms. The summed E-state index contributed by atoms with van der Waals surface area (Å²) in [7, 11) is 0. The van der Waals surface area contributed by atoms with E-state index in [0.717, 1.165) is 11.4 Å². The monoisotopic (exact) mass is 518 g/mol. The Kier molecular flexibility index (Phi) is 6.94. The molecule has 1 aliphatic carbocycles. The van der Waals surface area contributed by atoms with Crippen molar-refractivity contribution in [1.82, 2.24) is 0 Å². The third-order valence-corrected chi connectivity index (χ3v) is 7.77. The number of allylic oxidation sites excluding steroid dienone is 2. The van der Waals surface area contributed by atoms with Gasteiger partial charge in [-0.25, -0.2) is 0 Å². The Morgan fingerprint density at radius 2 is 1.07 bits per heavy atom. The molecule has 2 atom stereocenters. The first-order valence-corrected chi connectivity index (χ1v) is 13.9. The lowest BCUT2D eigenvalue weighted by Crippen LogP contribution is -2.58. The zero-order valence-corrected chi connectivity index (χ0v) is 23.0. The van der Waals surface area contributed by atoms with E-state index in [-0.39, 0.29) is 5.92 Å². The molecule has 0 aromatic heterocycles. The van der Waals surface area contributed by atoms with Gasteiger partial charge >= 0.3 is 0 Å². The lowest BCUT2D eigenvalue weighted by atomic mass is 9.70. The molecule has 2 N–H and O–H groups in total. The second-order valence-corrected chi connectivity index (χ2v) is 10.6. The van der Waals surface area contributed by atoms with Gasteiger partial charge in [0.15, 0.2) is 0 Å². The molecule has 0 spiro atoms. The zero-order valence-electron chi connectivity index (χ0n) is 23.0. The van der Waals surface area contributed by atoms with Crippen molar-refractivity contribution in [2.45, 2.75) is 25.4 Å². The zero-order chi connectivity index (χ0) is 27.5. The number of anilines is 2. The quantitative estimate of drug-likeness (QED) is 0.227. The van der Waals surface area contributed by atoms with Gasteiger partial charge in [0.05, 0.1) is 5.92 Å². The van der Waals surface area contributed by atoms with E-state index in [1.807, 2.05) is 0 Å². The molecule has 0 aliphatic heterocycles. The van der Waals surface area contributed by atoms with Gasteiger partial charge in [-0.05, 0) is 83.2 Å². The molecular formula is C38H34N2. The van der Waals surface area contributed by atoms with Crippen molar-refractivity contribution in [3.63, 3.8) is 0 Å². The van der Waals surface area contributed by atoms with Crippen LogP contribution in [0.25, 0.3) is 11.1 Å². The van der Waals surface area contributed by atoms with Crippen LogP contribution in [0, 0.1) is 13.8 Å². The van der Waals surface area contributed by atoms with E-state index in [2.05, 4.69) is 170 Å². The van der Waals surface area contributed by atoms with Crippen LogP contribution in [0.15, 0.2) is 152 Å². The topological polar surface area (TPSA) is 29.3 Å². The first kappa shape index (κ1) is 25.6. The summed E-state index contributed by atoms with van der Waals surface area (Å²) in [6.07, 6.45) is 4.44. The van der Waals surface area contributed by atoms with Crippen LogP contribution in [0.1, 0.15) is 33.7 Å². The van der Waals surface area contributed by atoms with E-state index in [1.54, 1.807) is 0 Å². The Balaban J connectivity index is 1.68. The summed E-state index contributed by atoms with van der Waals surface area (Å²) < 4.78 is 0. The van der Waals surface area contributed by atoms with Gasteiger partial charge in [0.1, 0.15) is 5.66 Å². The Labute approximate surface area is 237 Å². The van der Waals surface area contributed by atoms with Gasteiger partial charge in [-0.3, -0.25) is 0 Å². The largest absolute Gasteiger partial charge is 0.318 e. The second-order valence-electron chi connectivity index (χ2n) is 10.6. The van der Waals surface area contributed by atoms with E-state index in [0.29, 0.717) is 0 Å². The van der Waals surface area contributed by atoms with Crippen LogP contribution < -0.4 is 10.6 Å². The minimum absolute atomic E-state index is 0.169. The smallest absolute Gasteiger partial charge is 0.123 e. The molecule has 5 aromatic carbocycles. The molecule has 2 heteroatoms. The fourth-order valence-electron chi connectivity index (χ4n) is 6.01. The van der Waals surface area contributed by atoms with Crippen LogP contribution in [0.3, 0.4) is 0 Å². The van der Waals surface area contributed by atoms with E-state index in [1.165, 1.54) is 39.0 Å². The molecule has 0 saturated carbocycles. The van der Waals surface area contributed by atoms with Crippen molar-refractivity contribution in [3.05, 3.63) is 179 Å². The van der Waals surface area contributed by atoms with Gasteiger partial charge in [0, 0.05) is 11.4 Å². The predicted octanol–water partition coefficient (Wildman–Crippen LogP) is 9.06. The molecule has 196 valence electrons. The third-order valence-electron chi connectivity index (χ3n) is 7.77. The minimum Gasteiger partial charge on any atom is -0.318 e. The van der Waals surface area contributed by atoms with Gasteiger partial charge in [-0.2, -0.15) is 0 Å². The first-order valence-electron chi connectivity index (χ1n) is 13.9. The van der Waals surface area contributed by atoms with Crippen molar-refractivity contribution < 1.29 is 0 Å². The van der Waals surface area contributed by atoms with Crippen molar-refractivity contribution >= 4 is 22.5 Å². The predicted molar refractivity (Wildman–Crippen MR) is 169 cm³/mol. The van der Waals surface area contributed by atoms with Gasteiger partial charge < -0.3 is 10.6 Å². The Bertz CT molecular complexity index is 1620. The molecule has 2 unspecified atom stereocenters. The van der Waals surface area contributed by atoms with Crippen LogP contribution in [0.5, 0.6) is 0 Å². The number of nitrogens with zero attached hydrogens (tertiary/aromatic N) is 1. The highest BCUT2D eigenvalue weighted by molar-refractivity contribution is 6.01. The van der Waals surface area contributed by atoms with Crippen molar-refractivity contribution in [2.75, 3.05) is 4.90 Å². The van der Waals surface area contributed by atoms with E-state index in [9.17, 15) is 0 Å². The van der Waals surface area contributed by atoms with Crippen molar-refractivity contribution in [1.29, 1.82) is 0 Å². The molecule has 0 amide bonds. The van der Waals surface area contributed by atoms with Crippen LogP contribution in [-0.4, -0.2) is 5.66 Å². The van der Waals surface area contributed by atoms with E-state index in [4.69, 9.17) is 5.73 Å². The maximum atomic E-state index is 7.82. The summed E-state index contributed by atoms with van der Waals surface area (Å²) in [5.41, 5.74) is 17.3. The van der Waals surface area contributed by atoms with Gasteiger partial charge in [-0.15, -0.1) is 0 Å². The summed E-state index contributed by atoms with van der Waals surface area (Å²) in [6, 6.07) is 49.4. The maximum absolute atomic E-state index is 7.82. The number of nitrogens with two attached hydrogens (primary N) is 1. The highest BCUT2D eigenvalue weighted by Gasteiger charge is 2.45. The maximum Gasteiger partial charge on any atom is 0.123 e. The Morgan fingerprint density at radius 3 is 1.60 bits per heavy atom. The lowest BCUT2D eigenvalue weighted by molar-refractivity contribution is 0.490. The number of benzene rings is 5. The Morgan fingerprint density at radius 1 is 0.575 bits per heavy atom. The SMILES string of the molecule is Cc1cccc(N(c2cccc(C)c2)C2(N)C=CC(c3ccccc3)=C(c3ccccc3)C2c2ccccc2)c1. The molecule has 6 rings (SSSR count). The van der Waals surface area contributed by atoms with Crippen LogP contribution in [0.2, 0.25) is 0 Å². The Hall–Kier alpha value is -4.66. The fourth-order valence-corrected chi connectivity index (χ4v) is 6.01. The van der Waals surface area contributed by atoms with Crippen LogP contribution in [-0.2, 0) is 0 Å². The highest BCUT2D eigenvalue weighted by atomic mass is 15.3. The number of hydrogen-bond donors (Lipinski definition) is 1. The van der Waals surface area contributed by atoms with Crippen molar-refractivity contribution in [3.8, 4) is 0 Å². The minimum atomic E-state index is -0.910. The molecule has 0 radical (unpaired) electrons. The standard InChI is InChI=1S/C38H34N2/c1-28-14-12-22-33(26-28)40(34-23-13-15-29(2)27-34)38(39)25-24-35(30-16-6-3-7-17-30)36(31-18-8-4-9-19-31)37(38)32-20-10-5-11-21-32/h3-27,37H,39H2,1-2H3. The molecule has 5 aromatic rings. The molecule has 40 heavy (non-hydrogen) atoms. The summed E-state index contributed by atoms with van der Waals surface area (Å²) in [5, 5.41) is 0. The van der Waals surface area contributed by atoms with E-state index < -0.39 is 5.66 Å². The highest BCUT2D eigenvalue weighted by Crippen LogP contribution is 2.51. The second kappa shape index (κ2) is 10.8. The molecule has 0 heterocycles. The van der Waals surface area contributed by atoms with Crippen LogP contribution >= 0.6 is 0 Å². The number of aryl methyl sites for hydroxylation is 2. The van der Waals surface area contributed by atoms with E-state index >= 15 is 0 Å². The average molecular weight is 519 g/mol. The van der Waals surface area contributed by atoms with Gasteiger partial charge in [0.2, 0.25) is 0 Å². The summed E-state index contributed by atoms with van der Waals surface area (Å²) in [5.74, 6) is -0.169. The van der Waals surface area contributed by atoms with Crippen LogP contribution in [0.4, 0.5) is 11.4 Å². The van der Waals surface area contributed by atoms with Crippen molar-refractivity contribution in [2.24, 2.45) is 5.73 Å². The number of hydrogen-bond acceptors (Lipinski definition) is 2. The lowest BCUT2D eigenvalue weighted by Gasteiger charge is -2.49. The molecular weight excluding hydrogens is 484 g/mol. The molecule has 0 saturated heterocycles. The summed E-state index contributed by atoms with van der Waals surface area (Å²) in [4.78, 5) is 2.33. The first-order chi connectivity index (χ1) is 19.5. The molecule has 2 nitrogen and oxygen atoms in total. The molecule has 0 fully saturated rings.